The van der Waals surface area contributed by atoms with Gasteiger partial charge in [0.05, 0.1) is 16.9 Å². The number of benzene rings is 2. The predicted octanol–water partition coefficient (Wildman–Crippen LogP) is 4.74. The fourth-order valence-corrected chi connectivity index (χ4v) is 4.03. The average molecular weight is 406 g/mol. The van der Waals surface area contributed by atoms with Gasteiger partial charge in [0.15, 0.2) is 0 Å². The monoisotopic (exact) mass is 405 g/mol. The van der Waals surface area contributed by atoms with Gasteiger partial charge in [-0.15, -0.1) is 0 Å². The third kappa shape index (κ3) is 4.61. The molecule has 1 heterocycles. The van der Waals surface area contributed by atoms with Crippen LogP contribution in [0.3, 0.4) is 0 Å². The molecule has 3 aromatic rings. The van der Waals surface area contributed by atoms with E-state index in [1.165, 1.54) is 0 Å². The second-order valence-corrected chi connectivity index (χ2v) is 7.53. The molecule has 5 heteroatoms. The van der Waals surface area contributed by atoms with Crippen molar-refractivity contribution in [1.82, 2.24) is 14.5 Å². The summed E-state index contributed by atoms with van der Waals surface area (Å²) in [5.74, 6) is 0.789. The van der Waals surface area contributed by atoms with E-state index < -0.39 is 0 Å². The number of hydrogen-bond donors (Lipinski definition) is 0. The fourth-order valence-electron chi connectivity index (χ4n) is 4.03. The molecule has 1 aromatic heterocycles. The molecule has 1 amide bonds. The molecule has 1 unspecified atom stereocenters. The second-order valence-electron chi connectivity index (χ2n) is 7.53. The Bertz CT molecular complexity index is 1040. The van der Waals surface area contributed by atoms with Crippen LogP contribution >= 0.6 is 0 Å². The number of fused-ring (bicyclic) bond motifs is 1. The highest BCUT2D eigenvalue weighted by Crippen LogP contribution is 2.25. The Labute approximate surface area is 178 Å². The summed E-state index contributed by atoms with van der Waals surface area (Å²) in [6.07, 6.45) is 2.69. The van der Waals surface area contributed by atoms with Gasteiger partial charge in [-0.25, -0.2) is 4.98 Å². The smallest absolute Gasteiger partial charge is 0.261 e. The number of hydrogen-bond acceptors (Lipinski definition) is 3. The van der Waals surface area contributed by atoms with Crippen LogP contribution in [0.25, 0.3) is 10.9 Å². The van der Waals surface area contributed by atoms with Crippen molar-refractivity contribution in [2.75, 3.05) is 6.54 Å². The summed E-state index contributed by atoms with van der Waals surface area (Å²) in [5.41, 5.74) is 1.82. The van der Waals surface area contributed by atoms with Crippen LogP contribution in [0.2, 0.25) is 0 Å². The first-order valence-corrected chi connectivity index (χ1v) is 10.9. The van der Waals surface area contributed by atoms with Gasteiger partial charge in [-0.2, -0.15) is 0 Å². The fraction of sp³-hybridized carbons (Fsp3) is 0.400. The Morgan fingerprint density at radius 3 is 2.40 bits per heavy atom. The number of amides is 1. The van der Waals surface area contributed by atoms with E-state index in [9.17, 15) is 9.59 Å². The summed E-state index contributed by atoms with van der Waals surface area (Å²) in [7, 11) is 0. The van der Waals surface area contributed by atoms with Gasteiger partial charge in [0.1, 0.15) is 5.82 Å². The van der Waals surface area contributed by atoms with Gasteiger partial charge >= 0.3 is 0 Å². The Morgan fingerprint density at radius 2 is 1.73 bits per heavy atom. The second kappa shape index (κ2) is 10.2. The minimum absolute atomic E-state index is 0.0244. The number of aromatic nitrogens is 2. The van der Waals surface area contributed by atoms with Crippen molar-refractivity contribution in [3.8, 4) is 0 Å². The van der Waals surface area contributed by atoms with E-state index in [0.29, 0.717) is 49.1 Å². The van der Waals surface area contributed by atoms with E-state index >= 15 is 0 Å². The van der Waals surface area contributed by atoms with Crippen LogP contribution in [0.4, 0.5) is 0 Å². The molecule has 1 atom stereocenters. The van der Waals surface area contributed by atoms with Crippen LogP contribution in [0.5, 0.6) is 0 Å². The maximum absolute atomic E-state index is 13.2. The summed E-state index contributed by atoms with van der Waals surface area (Å²) >= 11 is 0. The average Bonchev–Trinajstić information content (AvgIpc) is 2.78. The van der Waals surface area contributed by atoms with E-state index in [-0.39, 0.29) is 17.5 Å². The van der Waals surface area contributed by atoms with Crippen molar-refractivity contribution < 1.29 is 4.79 Å². The molecule has 0 aliphatic heterocycles. The van der Waals surface area contributed by atoms with E-state index in [4.69, 9.17) is 4.98 Å². The van der Waals surface area contributed by atoms with Crippen molar-refractivity contribution in [2.45, 2.75) is 59.0 Å². The first-order valence-electron chi connectivity index (χ1n) is 10.9. The summed E-state index contributed by atoms with van der Waals surface area (Å²) < 4.78 is 1.77. The molecular weight excluding hydrogens is 374 g/mol. The number of nitrogens with zero attached hydrogens (tertiary/aromatic N) is 3. The normalized spacial score (nSPS) is 12.1. The van der Waals surface area contributed by atoms with Gasteiger partial charge in [-0.1, -0.05) is 56.3 Å². The molecule has 5 nitrogen and oxygen atoms in total. The quantitative estimate of drug-likeness (QED) is 0.517. The zero-order chi connectivity index (χ0) is 21.5. The molecule has 30 heavy (non-hydrogen) atoms. The van der Waals surface area contributed by atoms with Crippen LogP contribution < -0.4 is 5.56 Å². The molecule has 0 saturated heterocycles. The topological polar surface area (TPSA) is 55.2 Å². The van der Waals surface area contributed by atoms with Crippen molar-refractivity contribution in [3.05, 3.63) is 76.3 Å². The molecule has 3 rings (SSSR count). The van der Waals surface area contributed by atoms with Gasteiger partial charge in [0, 0.05) is 19.5 Å². The van der Waals surface area contributed by atoms with Crippen LogP contribution in [-0.2, 0) is 17.8 Å². The Morgan fingerprint density at radius 1 is 1.03 bits per heavy atom. The van der Waals surface area contributed by atoms with E-state index in [1.807, 2.05) is 66.4 Å². The zero-order valence-electron chi connectivity index (χ0n) is 18.2. The van der Waals surface area contributed by atoms with Crippen LogP contribution in [0.1, 0.15) is 57.5 Å². The molecule has 158 valence electrons. The summed E-state index contributed by atoms with van der Waals surface area (Å²) in [6.45, 7) is 7.27. The van der Waals surface area contributed by atoms with Gasteiger partial charge in [-0.3, -0.25) is 14.2 Å². The van der Waals surface area contributed by atoms with Crippen LogP contribution in [-0.4, -0.2) is 26.9 Å². The number of rotatable bonds is 9. The van der Waals surface area contributed by atoms with E-state index in [2.05, 4.69) is 13.8 Å². The van der Waals surface area contributed by atoms with E-state index in [0.717, 1.165) is 12.0 Å². The molecular formula is C25H31N3O2. The third-order valence-corrected chi connectivity index (χ3v) is 5.53. The van der Waals surface area contributed by atoms with Gasteiger partial charge in [-0.05, 0) is 43.9 Å². The van der Waals surface area contributed by atoms with Crippen molar-refractivity contribution in [2.24, 2.45) is 0 Å². The maximum Gasteiger partial charge on any atom is 0.261 e. The largest absolute Gasteiger partial charge is 0.333 e. The molecule has 0 N–H and O–H groups in total. The number of carbonyl (C=O) groups excluding carboxylic acids is 1. The Balaban J connectivity index is 1.96. The van der Waals surface area contributed by atoms with Gasteiger partial charge < -0.3 is 4.90 Å². The first kappa shape index (κ1) is 21.8. The number of carbonyl (C=O) groups is 1. The molecule has 0 saturated carbocycles. The lowest BCUT2D eigenvalue weighted by Gasteiger charge is -2.31. The Kier molecular flexibility index (Phi) is 7.39. The maximum atomic E-state index is 13.2. The molecule has 0 aliphatic carbocycles. The molecule has 0 fully saturated rings. The SMILES string of the molecule is CCCn1c(C(CC)N(CC)C(=O)CCc2ccccc2)nc2ccccc2c1=O. The standard InChI is InChI=1S/C25H31N3O2/c1-4-18-28-24(26-21-15-11-10-14-20(21)25(28)30)22(5-2)27(6-3)23(29)17-16-19-12-8-7-9-13-19/h7-15,22H,4-6,16-18H2,1-3H3. The number of aryl methyl sites for hydroxylation is 1. The molecule has 0 radical (unpaired) electrons. The molecule has 0 spiro atoms. The minimum atomic E-state index is -0.220. The third-order valence-electron chi connectivity index (χ3n) is 5.53. The van der Waals surface area contributed by atoms with Crippen molar-refractivity contribution in [3.63, 3.8) is 0 Å². The lowest BCUT2D eigenvalue weighted by molar-refractivity contribution is -0.133. The lowest BCUT2D eigenvalue weighted by Crippen LogP contribution is -2.39. The summed E-state index contributed by atoms with van der Waals surface area (Å²) in [5, 5.41) is 0.628. The summed E-state index contributed by atoms with van der Waals surface area (Å²) in [6, 6.07) is 17.3. The Hall–Kier alpha value is -2.95. The lowest BCUT2D eigenvalue weighted by atomic mass is 10.1. The van der Waals surface area contributed by atoms with Crippen LogP contribution in [0.15, 0.2) is 59.4 Å². The number of para-hydroxylation sites is 1. The molecule has 0 aliphatic rings. The van der Waals surface area contributed by atoms with E-state index in [1.54, 1.807) is 4.57 Å². The molecule has 2 aromatic carbocycles. The van der Waals surface area contributed by atoms with Gasteiger partial charge in [0.2, 0.25) is 5.91 Å². The van der Waals surface area contributed by atoms with Crippen molar-refractivity contribution in [1.29, 1.82) is 0 Å². The zero-order valence-corrected chi connectivity index (χ0v) is 18.2. The highest BCUT2D eigenvalue weighted by atomic mass is 16.2. The highest BCUT2D eigenvalue weighted by molar-refractivity contribution is 5.78. The summed E-state index contributed by atoms with van der Waals surface area (Å²) in [4.78, 5) is 33.1. The predicted molar refractivity (Wildman–Crippen MR) is 121 cm³/mol. The first-order chi connectivity index (χ1) is 14.6. The minimum Gasteiger partial charge on any atom is -0.333 e. The highest BCUT2D eigenvalue weighted by Gasteiger charge is 2.27. The molecule has 0 bridgehead atoms. The van der Waals surface area contributed by atoms with Crippen molar-refractivity contribution >= 4 is 16.8 Å². The van der Waals surface area contributed by atoms with Gasteiger partial charge in [0.25, 0.3) is 5.56 Å². The van der Waals surface area contributed by atoms with Crippen LogP contribution in [0, 0.1) is 0 Å².